The van der Waals surface area contributed by atoms with Crippen molar-refractivity contribution >= 4 is 28.5 Å². The number of aromatic nitrogens is 4. The highest BCUT2D eigenvalue weighted by Crippen LogP contribution is 2.25. The van der Waals surface area contributed by atoms with Crippen LogP contribution in [0.15, 0.2) is 48.8 Å². The number of methoxy groups -OCH3 is 1. The maximum absolute atomic E-state index is 13.3. The fourth-order valence-electron chi connectivity index (χ4n) is 3.96. The Hall–Kier alpha value is -4.05. The van der Waals surface area contributed by atoms with Crippen LogP contribution in [0, 0.1) is 19.7 Å². The summed E-state index contributed by atoms with van der Waals surface area (Å²) < 4.78 is 21.9. The minimum absolute atomic E-state index is 0.110. The molecule has 2 heterocycles. The second kappa shape index (κ2) is 10.5. The minimum atomic E-state index is -0.339. The first-order valence-electron chi connectivity index (χ1n) is 11.2. The van der Waals surface area contributed by atoms with E-state index < -0.39 is 0 Å². The molecule has 2 N–H and O–H groups in total. The molecular formula is C25H27FN6O3. The number of aryl methyl sites for hydroxylation is 2. The summed E-state index contributed by atoms with van der Waals surface area (Å²) in [5.74, 6) is -0.961. The SMILES string of the molecule is COCC(=O)Nc1cc(C(=O)NCCn2nc(C)cc2C)c2c(c1)ncn2Cc1ccc(F)cc1. The van der Waals surface area contributed by atoms with Gasteiger partial charge in [-0.15, -0.1) is 0 Å². The molecule has 2 aromatic heterocycles. The number of halogens is 1. The van der Waals surface area contributed by atoms with Crippen LogP contribution in [-0.2, 0) is 22.6 Å². The monoisotopic (exact) mass is 478 g/mol. The van der Waals surface area contributed by atoms with Gasteiger partial charge in [0.2, 0.25) is 5.91 Å². The number of benzene rings is 2. The second-order valence-corrected chi connectivity index (χ2v) is 8.28. The molecule has 35 heavy (non-hydrogen) atoms. The summed E-state index contributed by atoms with van der Waals surface area (Å²) in [4.78, 5) is 29.8. The molecule has 0 fully saturated rings. The zero-order valence-electron chi connectivity index (χ0n) is 19.8. The van der Waals surface area contributed by atoms with Crippen molar-refractivity contribution in [3.63, 3.8) is 0 Å². The van der Waals surface area contributed by atoms with Crippen LogP contribution in [0.1, 0.15) is 27.3 Å². The number of imidazole rings is 1. The molecule has 0 atom stereocenters. The first-order chi connectivity index (χ1) is 16.8. The molecule has 182 valence electrons. The van der Waals surface area contributed by atoms with Crippen LogP contribution < -0.4 is 10.6 Å². The average molecular weight is 479 g/mol. The average Bonchev–Trinajstić information content (AvgIpc) is 3.36. The van der Waals surface area contributed by atoms with E-state index >= 15 is 0 Å². The van der Waals surface area contributed by atoms with Crippen LogP contribution in [0.2, 0.25) is 0 Å². The van der Waals surface area contributed by atoms with Crippen molar-refractivity contribution in [2.75, 3.05) is 25.6 Å². The summed E-state index contributed by atoms with van der Waals surface area (Å²) in [5.41, 5.74) is 4.75. The van der Waals surface area contributed by atoms with E-state index in [1.165, 1.54) is 19.2 Å². The summed E-state index contributed by atoms with van der Waals surface area (Å²) in [6, 6.07) is 11.5. The number of hydrogen-bond donors (Lipinski definition) is 2. The lowest BCUT2D eigenvalue weighted by atomic mass is 10.1. The van der Waals surface area contributed by atoms with Gasteiger partial charge in [-0.05, 0) is 49.7 Å². The Morgan fingerprint density at radius 3 is 2.57 bits per heavy atom. The highest BCUT2D eigenvalue weighted by molar-refractivity contribution is 6.07. The predicted molar refractivity (Wildman–Crippen MR) is 130 cm³/mol. The Bertz CT molecular complexity index is 1360. The maximum atomic E-state index is 13.3. The van der Waals surface area contributed by atoms with Gasteiger partial charge in [0, 0.05) is 31.6 Å². The van der Waals surface area contributed by atoms with Crippen molar-refractivity contribution in [2.45, 2.75) is 26.9 Å². The van der Waals surface area contributed by atoms with Crippen molar-refractivity contribution < 1.29 is 18.7 Å². The molecule has 2 aromatic carbocycles. The molecule has 0 aliphatic carbocycles. The van der Waals surface area contributed by atoms with Crippen LogP contribution in [0.5, 0.6) is 0 Å². The zero-order chi connectivity index (χ0) is 24.9. The molecule has 4 rings (SSSR count). The van der Waals surface area contributed by atoms with Gasteiger partial charge in [-0.2, -0.15) is 5.10 Å². The van der Waals surface area contributed by atoms with Gasteiger partial charge < -0.3 is 19.9 Å². The third-order valence-corrected chi connectivity index (χ3v) is 5.50. The summed E-state index contributed by atoms with van der Waals surface area (Å²) in [6.45, 7) is 5.07. The number of nitrogens with zero attached hydrogens (tertiary/aromatic N) is 4. The largest absolute Gasteiger partial charge is 0.375 e. The van der Waals surface area contributed by atoms with Crippen molar-refractivity contribution in [3.05, 3.63) is 77.1 Å². The zero-order valence-corrected chi connectivity index (χ0v) is 19.8. The van der Waals surface area contributed by atoms with E-state index in [-0.39, 0.29) is 24.2 Å². The topological polar surface area (TPSA) is 103 Å². The van der Waals surface area contributed by atoms with Crippen LogP contribution in [0.4, 0.5) is 10.1 Å². The molecule has 10 heteroatoms. The van der Waals surface area contributed by atoms with Crippen molar-refractivity contribution in [2.24, 2.45) is 0 Å². The number of ether oxygens (including phenoxy) is 1. The second-order valence-electron chi connectivity index (χ2n) is 8.28. The van der Waals surface area contributed by atoms with E-state index in [4.69, 9.17) is 4.74 Å². The predicted octanol–water partition coefficient (Wildman–Crippen LogP) is 3.05. The molecule has 0 aliphatic rings. The Balaban J connectivity index is 1.63. The summed E-state index contributed by atoms with van der Waals surface area (Å²) in [7, 11) is 1.43. The van der Waals surface area contributed by atoms with Gasteiger partial charge in [0.05, 0.1) is 35.2 Å². The summed E-state index contributed by atoms with van der Waals surface area (Å²) in [5, 5.41) is 10.1. The van der Waals surface area contributed by atoms with Gasteiger partial charge in [0.15, 0.2) is 0 Å². The van der Waals surface area contributed by atoms with Gasteiger partial charge >= 0.3 is 0 Å². The third-order valence-electron chi connectivity index (χ3n) is 5.50. The number of carbonyl (C=O) groups is 2. The highest BCUT2D eigenvalue weighted by Gasteiger charge is 2.18. The Kier molecular flexibility index (Phi) is 7.21. The lowest BCUT2D eigenvalue weighted by Gasteiger charge is -2.13. The summed E-state index contributed by atoms with van der Waals surface area (Å²) in [6.07, 6.45) is 1.63. The van der Waals surface area contributed by atoms with Crippen LogP contribution in [0.3, 0.4) is 0 Å². The molecule has 0 spiro atoms. The normalized spacial score (nSPS) is 11.1. The first-order valence-corrected chi connectivity index (χ1v) is 11.2. The minimum Gasteiger partial charge on any atom is -0.375 e. The first kappa shape index (κ1) is 24.1. The molecule has 9 nitrogen and oxygen atoms in total. The smallest absolute Gasteiger partial charge is 0.253 e. The lowest BCUT2D eigenvalue weighted by molar-refractivity contribution is -0.119. The van der Waals surface area contributed by atoms with E-state index in [2.05, 4.69) is 20.7 Å². The number of carbonyl (C=O) groups excluding carboxylic acids is 2. The molecule has 0 aliphatic heterocycles. The van der Waals surface area contributed by atoms with Crippen molar-refractivity contribution in [1.29, 1.82) is 0 Å². The number of rotatable bonds is 9. The van der Waals surface area contributed by atoms with Crippen LogP contribution in [0.25, 0.3) is 11.0 Å². The van der Waals surface area contributed by atoms with E-state index in [1.807, 2.05) is 29.2 Å². The van der Waals surface area contributed by atoms with Crippen molar-refractivity contribution in [3.8, 4) is 0 Å². The standard InChI is InChI=1S/C25H27FN6O3/c1-16-10-17(2)32(30-16)9-8-27-25(34)21-11-20(29-23(33)14-35-3)12-22-24(21)31(15-28-22)13-18-4-6-19(26)7-5-18/h4-7,10-12,15H,8-9,13-14H2,1-3H3,(H,27,34)(H,29,33). The summed E-state index contributed by atoms with van der Waals surface area (Å²) >= 11 is 0. The van der Waals surface area contributed by atoms with Gasteiger partial charge in [-0.3, -0.25) is 14.3 Å². The van der Waals surface area contributed by atoms with Crippen LogP contribution >= 0.6 is 0 Å². The number of anilines is 1. The van der Waals surface area contributed by atoms with Gasteiger partial charge in [-0.25, -0.2) is 9.37 Å². The van der Waals surface area contributed by atoms with Crippen LogP contribution in [-0.4, -0.2) is 51.4 Å². The van der Waals surface area contributed by atoms with Gasteiger partial charge in [0.25, 0.3) is 5.91 Å². The molecule has 4 aromatic rings. The Labute approximate surface area is 201 Å². The van der Waals surface area contributed by atoms with Crippen molar-refractivity contribution in [1.82, 2.24) is 24.6 Å². The molecule has 0 saturated heterocycles. The van der Waals surface area contributed by atoms with E-state index in [0.29, 0.717) is 41.9 Å². The molecule has 0 unspecified atom stereocenters. The number of hydrogen-bond acceptors (Lipinski definition) is 5. The number of nitrogens with one attached hydrogen (secondary N) is 2. The van der Waals surface area contributed by atoms with Gasteiger partial charge in [0.1, 0.15) is 12.4 Å². The number of fused-ring (bicyclic) bond motifs is 1. The van der Waals surface area contributed by atoms with Gasteiger partial charge in [-0.1, -0.05) is 12.1 Å². The van der Waals surface area contributed by atoms with E-state index in [9.17, 15) is 14.0 Å². The number of amides is 2. The molecule has 0 bridgehead atoms. The molecular weight excluding hydrogens is 451 g/mol. The third kappa shape index (κ3) is 5.72. The quantitative estimate of drug-likeness (QED) is 0.385. The molecule has 2 amide bonds. The Morgan fingerprint density at radius 2 is 1.89 bits per heavy atom. The highest BCUT2D eigenvalue weighted by atomic mass is 19.1. The molecule has 0 saturated carbocycles. The fraction of sp³-hybridized carbons (Fsp3) is 0.280. The Morgan fingerprint density at radius 1 is 1.11 bits per heavy atom. The maximum Gasteiger partial charge on any atom is 0.253 e. The van der Waals surface area contributed by atoms with E-state index in [1.54, 1.807) is 30.6 Å². The van der Waals surface area contributed by atoms with E-state index in [0.717, 1.165) is 17.0 Å². The molecule has 0 radical (unpaired) electrons. The lowest BCUT2D eigenvalue weighted by Crippen LogP contribution is -2.28. The fourth-order valence-corrected chi connectivity index (χ4v) is 3.96.